The number of ether oxygens (including phenoxy) is 1. The van der Waals surface area contributed by atoms with E-state index in [9.17, 15) is 0 Å². The third-order valence-electron chi connectivity index (χ3n) is 3.22. The molecule has 0 aliphatic heterocycles. The molecule has 0 aliphatic carbocycles. The first-order valence-electron chi connectivity index (χ1n) is 6.40. The van der Waals surface area contributed by atoms with Crippen LogP contribution in [0.5, 0.6) is 5.88 Å². The van der Waals surface area contributed by atoms with Gasteiger partial charge in [0.15, 0.2) is 5.82 Å². The first-order chi connectivity index (χ1) is 9.18. The lowest BCUT2D eigenvalue weighted by atomic mass is 9.96. The Hall–Kier alpha value is -2.18. The minimum atomic E-state index is -0.204. The van der Waals surface area contributed by atoms with Crippen molar-refractivity contribution in [3.05, 3.63) is 11.5 Å². The molecule has 0 saturated carbocycles. The van der Waals surface area contributed by atoms with Crippen LogP contribution in [-0.4, -0.2) is 26.6 Å². The predicted octanol–water partition coefficient (Wildman–Crippen LogP) is 1.19. The molecule has 0 aliphatic rings. The Morgan fingerprint density at radius 3 is 2.30 bits per heavy atom. The maximum atomic E-state index is 6.12. The maximum absolute atomic E-state index is 6.12. The van der Waals surface area contributed by atoms with Crippen molar-refractivity contribution in [2.24, 2.45) is 7.05 Å². The number of aromatic nitrogens is 4. The number of anilines is 1. The zero-order valence-electron chi connectivity index (χ0n) is 12.9. The Bertz CT molecular complexity index is 647. The second-order valence-electron chi connectivity index (χ2n) is 5.88. The van der Waals surface area contributed by atoms with Crippen LogP contribution in [0, 0.1) is 6.92 Å². The van der Waals surface area contributed by atoms with E-state index in [2.05, 4.69) is 10.1 Å². The normalized spacial score (nSPS) is 11.9. The number of hydrogen-bond donors (Lipinski definition) is 2. The fourth-order valence-electron chi connectivity index (χ4n) is 2.30. The first-order valence-corrected chi connectivity index (χ1v) is 6.40. The van der Waals surface area contributed by atoms with Crippen LogP contribution < -0.4 is 16.3 Å². The summed E-state index contributed by atoms with van der Waals surface area (Å²) in [6, 6.07) is 0. The molecule has 20 heavy (non-hydrogen) atoms. The van der Waals surface area contributed by atoms with E-state index in [0.29, 0.717) is 17.4 Å². The molecule has 0 atom stereocenters. The Morgan fingerprint density at radius 2 is 1.85 bits per heavy atom. The molecule has 0 unspecified atom stereocenters. The van der Waals surface area contributed by atoms with Crippen LogP contribution >= 0.6 is 0 Å². The van der Waals surface area contributed by atoms with Gasteiger partial charge in [0.25, 0.3) is 0 Å². The van der Waals surface area contributed by atoms with Crippen LogP contribution in [0.3, 0.4) is 0 Å². The van der Waals surface area contributed by atoms with Gasteiger partial charge in [0, 0.05) is 12.5 Å². The van der Waals surface area contributed by atoms with Crippen LogP contribution in [0.4, 0.5) is 5.82 Å². The van der Waals surface area contributed by atoms with Gasteiger partial charge in [-0.25, -0.2) is 14.3 Å². The van der Waals surface area contributed by atoms with E-state index in [0.717, 1.165) is 17.1 Å². The smallest absolute Gasteiger partial charge is 0.221 e. The second kappa shape index (κ2) is 4.43. The molecular weight excluding hydrogens is 256 g/mol. The fourth-order valence-corrected chi connectivity index (χ4v) is 2.30. The van der Waals surface area contributed by atoms with Crippen LogP contribution in [0.1, 0.15) is 32.3 Å². The molecule has 0 aromatic carbocycles. The van der Waals surface area contributed by atoms with Crippen molar-refractivity contribution in [3.8, 4) is 17.1 Å². The van der Waals surface area contributed by atoms with Gasteiger partial charge in [-0.15, -0.1) is 0 Å². The SMILES string of the molecule is COc1c(-c2nc(C(C)(C)C)n(N)c2N)c(C)nn1C. The molecule has 0 bridgehead atoms. The van der Waals surface area contributed by atoms with E-state index >= 15 is 0 Å². The minimum absolute atomic E-state index is 0.204. The van der Waals surface area contributed by atoms with Gasteiger partial charge in [0.05, 0.1) is 18.4 Å². The molecule has 2 aromatic rings. The summed E-state index contributed by atoms with van der Waals surface area (Å²) in [4.78, 5) is 4.61. The quantitative estimate of drug-likeness (QED) is 0.804. The molecular formula is C13H22N6O. The van der Waals surface area contributed by atoms with E-state index in [1.807, 2.05) is 34.7 Å². The summed E-state index contributed by atoms with van der Waals surface area (Å²) in [6.07, 6.45) is 0. The van der Waals surface area contributed by atoms with Crippen LogP contribution in [0.25, 0.3) is 11.3 Å². The van der Waals surface area contributed by atoms with Gasteiger partial charge in [-0.3, -0.25) is 0 Å². The zero-order valence-corrected chi connectivity index (χ0v) is 12.9. The Kier molecular flexibility index (Phi) is 3.15. The molecule has 2 heterocycles. The van der Waals surface area contributed by atoms with Crippen molar-refractivity contribution in [2.75, 3.05) is 18.7 Å². The van der Waals surface area contributed by atoms with Gasteiger partial charge in [0.1, 0.15) is 11.5 Å². The Morgan fingerprint density at radius 1 is 1.25 bits per heavy atom. The number of nitrogens with zero attached hydrogens (tertiary/aromatic N) is 4. The molecule has 4 N–H and O–H groups in total. The molecule has 0 fully saturated rings. The lowest BCUT2D eigenvalue weighted by molar-refractivity contribution is 0.374. The van der Waals surface area contributed by atoms with E-state index in [-0.39, 0.29) is 5.41 Å². The number of aryl methyl sites for hydroxylation is 2. The van der Waals surface area contributed by atoms with Gasteiger partial charge in [-0.05, 0) is 6.92 Å². The van der Waals surface area contributed by atoms with Crippen LogP contribution in [0.15, 0.2) is 0 Å². The largest absolute Gasteiger partial charge is 0.481 e. The average molecular weight is 278 g/mol. The van der Waals surface area contributed by atoms with E-state index in [1.54, 1.807) is 11.8 Å². The highest BCUT2D eigenvalue weighted by Gasteiger charge is 2.28. The molecule has 7 heteroatoms. The standard InChI is InChI=1S/C13H22N6O/c1-7-8(11(20-6)18(5)17-7)9-10(14)19(15)12(16-9)13(2,3)4/h14-15H2,1-6H3. The van der Waals surface area contributed by atoms with E-state index in [4.69, 9.17) is 16.3 Å². The van der Waals surface area contributed by atoms with E-state index in [1.165, 1.54) is 4.68 Å². The molecule has 7 nitrogen and oxygen atoms in total. The summed E-state index contributed by atoms with van der Waals surface area (Å²) in [6.45, 7) is 8.00. The lowest BCUT2D eigenvalue weighted by Crippen LogP contribution is -2.24. The van der Waals surface area contributed by atoms with Gasteiger partial charge in [-0.1, -0.05) is 20.8 Å². The second-order valence-corrected chi connectivity index (χ2v) is 5.88. The van der Waals surface area contributed by atoms with Gasteiger partial charge in [0.2, 0.25) is 5.88 Å². The summed E-state index contributed by atoms with van der Waals surface area (Å²) in [7, 11) is 3.41. The van der Waals surface area contributed by atoms with Crippen molar-refractivity contribution in [3.63, 3.8) is 0 Å². The maximum Gasteiger partial charge on any atom is 0.221 e. The highest BCUT2D eigenvalue weighted by atomic mass is 16.5. The number of hydrogen-bond acceptors (Lipinski definition) is 5. The van der Waals surface area contributed by atoms with Crippen molar-refractivity contribution in [1.82, 2.24) is 19.4 Å². The summed E-state index contributed by atoms with van der Waals surface area (Å²) < 4.78 is 8.49. The zero-order chi connectivity index (χ0) is 15.2. The average Bonchev–Trinajstić information content (AvgIpc) is 2.77. The fraction of sp³-hybridized carbons (Fsp3) is 0.538. The molecule has 2 aromatic heterocycles. The summed E-state index contributed by atoms with van der Waals surface area (Å²) in [5, 5.41) is 4.35. The minimum Gasteiger partial charge on any atom is -0.481 e. The first kappa shape index (κ1) is 14.2. The highest BCUT2D eigenvalue weighted by molar-refractivity contribution is 5.77. The third kappa shape index (κ3) is 1.99. The van der Waals surface area contributed by atoms with Crippen molar-refractivity contribution in [1.29, 1.82) is 0 Å². The molecule has 0 radical (unpaired) electrons. The van der Waals surface area contributed by atoms with Crippen molar-refractivity contribution < 1.29 is 4.74 Å². The van der Waals surface area contributed by atoms with Crippen LogP contribution in [0.2, 0.25) is 0 Å². The summed E-state index contributed by atoms with van der Waals surface area (Å²) >= 11 is 0. The molecule has 110 valence electrons. The molecule has 0 spiro atoms. The Balaban J connectivity index is 2.72. The Labute approximate surface area is 118 Å². The van der Waals surface area contributed by atoms with E-state index < -0.39 is 0 Å². The number of nitrogens with two attached hydrogens (primary N) is 2. The van der Waals surface area contributed by atoms with Crippen molar-refractivity contribution >= 4 is 5.82 Å². The molecule has 2 rings (SSSR count). The molecule has 0 amide bonds. The summed E-state index contributed by atoms with van der Waals surface area (Å²) in [5.41, 5.74) is 8.10. The number of methoxy groups -OCH3 is 1. The summed E-state index contributed by atoms with van der Waals surface area (Å²) in [5.74, 6) is 7.78. The number of nitrogen functional groups attached to an aromatic ring is 2. The number of rotatable bonds is 2. The lowest BCUT2D eigenvalue weighted by Gasteiger charge is -2.17. The number of imidazole rings is 1. The monoisotopic (exact) mass is 278 g/mol. The van der Waals surface area contributed by atoms with Gasteiger partial charge >= 0.3 is 0 Å². The van der Waals surface area contributed by atoms with Crippen molar-refractivity contribution in [2.45, 2.75) is 33.1 Å². The van der Waals surface area contributed by atoms with Gasteiger partial charge < -0.3 is 16.3 Å². The predicted molar refractivity (Wildman–Crippen MR) is 79.0 cm³/mol. The van der Waals surface area contributed by atoms with Crippen LogP contribution in [-0.2, 0) is 12.5 Å². The topological polar surface area (TPSA) is 96.9 Å². The van der Waals surface area contributed by atoms with Gasteiger partial charge in [-0.2, -0.15) is 5.10 Å². The highest BCUT2D eigenvalue weighted by Crippen LogP contribution is 2.37. The molecule has 0 saturated heterocycles. The third-order valence-corrected chi connectivity index (χ3v) is 3.22.